The van der Waals surface area contributed by atoms with Crippen molar-refractivity contribution in [2.45, 2.75) is 51.1 Å². The molecule has 1 atom stereocenters. The SMILES string of the molecule is CC(C(=O)N(C)C1CCCCC1)N1CCN(c2ccc(F)cc2)CC1. The number of rotatable bonds is 4. The Morgan fingerprint density at radius 2 is 1.68 bits per heavy atom. The second-order valence-electron chi connectivity index (χ2n) is 7.42. The maximum absolute atomic E-state index is 13.1. The van der Waals surface area contributed by atoms with Gasteiger partial charge in [0.15, 0.2) is 0 Å². The fourth-order valence-electron chi connectivity index (χ4n) is 4.12. The fraction of sp³-hybridized carbons (Fsp3) is 0.650. The number of piperazine rings is 1. The predicted molar refractivity (Wildman–Crippen MR) is 99.3 cm³/mol. The van der Waals surface area contributed by atoms with Gasteiger partial charge in [0.2, 0.25) is 5.91 Å². The van der Waals surface area contributed by atoms with Crippen LogP contribution >= 0.6 is 0 Å². The predicted octanol–water partition coefficient (Wildman–Crippen LogP) is 3.13. The summed E-state index contributed by atoms with van der Waals surface area (Å²) in [6, 6.07) is 7.03. The Hall–Kier alpha value is -1.62. The van der Waals surface area contributed by atoms with Crippen LogP contribution in [-0.2, 0) is 4.79 Å². The molecule has 3 rings (SSSR count). The smallest absolute Gasteiger partial charge is 0.239 e. The van der Waals surface area contributed by atoms with Gasteiger partial charge in [-0.05, 0) is 44.0 Å². The minimum atomic E-state index is -0.202. The van der Waals surface area contributed by atoms with Crippen LogP contribution in [0.1, 0.15) is 39.0 Å². The second kappa shape index (κ2) is 8.17. The molecule has 1 amide bonds. The number of anilines is 1. The van der Waals surface area contributed by atoms with Gasteiger partial charge in [0, 0.05) is 45.0 Å². The van der Waals surface area contributed by atoms with Gasteiger partial charge >= 0.3 is 0 Å². The topological polar surface area (TPSA) is 26.8 Å². The first-order chi connectivity index (χ1) is 12.1. The molecule has 0 bridgehead atoms. The van der Waals surface area contributed by atoms with E-state index in [9.17, 15) is 9.18 Å². The van der Waals surface area contributed by atoms with E-state index in [4.69, 9.17) is 0 Å². The lowest BCUT2D eigenvalue weighted by Crippen LogP contribution is -2.55. The summed E-state index contributed by atoms with van der Waals surface area (Å²) in [7, 11) is 1.98. The lowest BCUT2D eigenvalue weighted by atomic mass is 9.94. The number of benzene rings is 1. The Morgan fingerprint density at radius 3 is 2.28 bits per heavy atom. The Bertz CT molecular complexity index is 563. The summed E-state index contributed by atoms with van der Waals surface area (Å²) < 4.78 is 13.1. The Labute approximate surface area is 150 Å². The van der Waals surface area contributed by atoms with Crippen molar-refractivity contribution in [1.82, 2.24) is 9.80 Å². The Balaban J connectivity index is 1.52. The van der Waals surface area contributed by atoms with Gasteiger partial charge in [0.25, 0.3) is 0 Å². The van der Waals surface area contributed by atoms with Crippen molar-refractivity contribution in [1.29, 1.82) is 0 Å². The molecule has 1 aromatic rings. The van der Waals surface area contributed by atoms with Crippen molar-refractivity contribution in [3.8, 4) is 0 Å². The molecule has 0 spiro atoms. The van der Waals surface area contributed by atoms with Crippen LogP contribution in [0.5, 0.6) is 0 Å². The maximum atomic E-state index is 13.1. The minimum absolute atomic E-state index is 0.0673. The molecule has 0 aromatic heterocycles. The summed E-state index contributed by atoms with van der Waals surface area (Å²) in [6.07, 6.45) is 6.08. The molecule has 1 saturated heterocycles. The molecule has 1 aliphatic carbocycles. The van der Waals surface area contributed by atoms with Crippen LogP contribution in [0.2, 0.25) is 0 Å². The molecule has 1 unspecified atom stereocenters. The Kier molecular flexibility index (Phi) is 5.94. The zero-order valence-corrected chi connectivity index (χ0v) is 15.5. The number of nitrogens with zero attached hydrogens (tertiary/aromatic N) is 3. The van der Waals surface area contributed by atoms with Gasteiger partial charge in [-0.3, -0.25) is 9.69 Å². The molecule has 2 fully saturated rings. The molecule has 4 nitrogen and oxygen atoms in total. The highest BCUT2D eigenvalue weighted by Crippen LogP contribution is 2.23. The number of carbonyl (C=O) groups excluding carboxylic acids is 1. The number of likely N-dealkylation sites (N-methyl/N-ethyl adjacent to an activating group) is 1. The monoisotopic (exact) mass is 347 g/mol. The first-order valence-electron chi connectivity index (χ1n) is 9.57. The second-order valence-corrected chi connectivity index (χ2v) is 7.42. The third-order valence-electron chi connectivity index (χ3n) is 5.88. The fourth-order valence-corrected chi connectivity index (χ4v) is 4.12. The molecule has 0 N–H and O–H groups in total. The lowest BCUT2D eigenvalue weighted by molar-refractivity contribution is -0.138. The van der Waals surface area contributed by atoms with Crippen molar-refractivity contribution in [2.24, 2.45) is 0 Å². The number of carbonyl (C=O) groups is 1. The largest absolute Gasteiger partial charge is 0.369 e. The van der Waals surface area contributed by atoms with Gasteiger partial charge < -0.3 is 9.80 Å². The van der Waals surface area contributed by atoms with E-state index in [1.807, 2.05) is 31.0 Å². The van der Waals surface area contributed by atoms with E-state index in [2.05, 4.69) is 9.80 Å². The van der Waals surface area contributed by atoms with Crippen LogP contribution in [0.25, 0.3) is 0 Å². The van der Waals surface area contributed by atoms with E-state index < -0.39 is 0 Å². The van der Waals surface area contributed by atoms with Crippen molar-refractivity contribution >= 4 is 11.6 Å². The zero-order chi connectivity index (χ0) is 17.8. The van der Waals surface area contributed by atoms with Crippen molar-refractivity contribution in [3.05, 3.63) is 30.1 Å². The molecule has 1 aliphatic heterocycles. The van der Waals surface area contributed by atoms with Gasteiger partial charge in [0.05, 0.1) is 6.04 Å². The van der Waals surface area contributed by atoms with Gasteiger partial charge in [-0.15, -0.1) is 0 Å². The van der Waals surface area contributed by atoms with Crippen molar-refractivity contribution < 1.29 is 9.18 Å². The van der Waals surface area contributed by atoms with Crippen LogP contribution in [0.4, 0.5) is 10.1 Å². The first-order valence-corrected chi connectivity index (χ1v) is 9.57. The van der Waals surface area contributed by atoms with E-state index in [-0.39, 0.29) is 17.8 Å². The summed E-state index contributed by atoms with van der Waals surface area (Å²) in [5.74, 6) is 0.0505. The van der Waals surface area contributed by atoms with Crippen LogP contribution < -0.4 is 4.90 Å². The number of hydrogen-bond donors (Lipinski definition) is 0. The molecule has 1 aromatic carbocycles. The minimum Gasteiger partial charge on any atom is -0.369 e. The van der Waals surface area contributed by atoms with E-state index >= 15 is 0 Å². The summed E-state index contributed by atoms with van der Waals surface area (Å²) >= 11 is 0. The van der Waals surface area contributed by atoms with Crippen LogP contribution in [0.3, 0.4) is 0 Å². The van der Waals surface area contributed by atoms with Crippen LogP contribution in [-0.4, -0.2) is 61.0 Å². The van der Waals surface area contributed by atoms with Crippen molar-refractivity contribution in [2.75, 3.05) is 38.1 Å². The van der Waals surface area contributed by atoms with Crippen LogP contribution in [0, 0.1) is 5.82 Å². The maximum Gasteiger partial charge on any atom is 0.239 e. The number of hydrogen-bond acceptors (Lipinski definition) is 3. The summed E-state index contributed by atoms with van der Waals surface area (Å²) in [5, 5.41) is 0. The van der Waals surface area contributed by atoms with Gasteiger partial charge in [0.1, 0.15) is 5.82 Å². The van der Waals surface area contributed by atoms with E-state index in [1.165, 1.54) is 31.4 Å². The average Bonchev–Trinajstić information content (AvgIpc) is 2.67. The van der Waals surface area contributed by atoms with Crippen molar-refractivity contribution in [3.63, 3.8) is 0 Å². The van der Waals surface area contributed by atoms with Gasteiger partial charge in [-0.1, -0.05) is 19.3 Å². The van der Waals surface area contributed by atoms with E-state index in [1.54, 1.807) is 0 Å². The van der Waals surface area contributed by atoms with E-state index in [0.29, 0.717) is 6.04 Å². The number of amides is 1. The molecule has 25 heavy (non-hydrogen) atoms. The molecule has 138 valence electrons. The molecule has 1 saturated carbocycles. The lowest BCUT2D eigenvalue weighted by Gasteiger charge is -2.41. The summed E-state index contributed by atoms with van der Waals surface area (Å²) in [6.45, 7) is 5.51. The number of halogens is 1. The zero-order valence-electron chi connectivity index (χ0n) is 15.5. The molecule has 1 heterocycles. The quantitative estimate of drug-likeness (QED) is 0.837. The summed E-state index contributed by atoms with van der Waals surface area (Å²) in [5.41, 5.74) is 1.05. The first kappa shape index (κ1) is 18.2. The highest BCUT2D eigenvalue weighted by atomic mass is 19.1. The van der Waals surface area contributed by atoms with Crippen LogP contribution in [0.15, 0.2) is 24.3 Å². The highest BCUT2D eigenvalue weighted by Gasteiger charge is 2.30. The van der Waals surface area contributed by atoms with Gasteiger partial charge in [-0.25, -0.2) is 4.39 Å². The molecule has 2 aliphatic rings. The third-order valence-corrected chi connectivity index (χ3v) is 5.88. The molecule has 5 heteroatoms. The molecular weight excluding hydrogens is 317 g/mol. The normalized spacial score (nSPS) is 21.2. The Morgan fingerprint density at radius 1 is 1.08 bits per heavy atom. The molecular formula is C20H30FN3O. The average molecular weight is 347 g/mol. The molecule has 0 radical (unpaired) electrons. The summed E-state index contributed by atoms with van der Waals surface area (Å²) in [4.78, 5) is 19.4. The standard InChI is InChI=1S/C20H30FN3O/c1-16(20(25)22(2)18-6-4-3-5-7-18)23-12-14-24(15-13-23)19-10-8-17(21)9-11-19/h8-11,16,18H,3-7,12-15H2,1-2H3. The highest BCUT2D eigenvalue weighted by molar-refractivity contribution is 5.81. The third kappa shape index (κ3) is 4.32. The van der Waals surface area contributed by atoms with Gasteiger partial charge in [-0.2, -0.15) is 0 Å². The van der Waals surface area contributed by atoms with E-state index in [0.717, 1.165) is 44.7 Å².